The first-order valence-electron chi connectivity index (χ1n) is 8.42. The Kier molecular flexibility index (Phi) is 4.79. The Labute approximate surface area is 133 Å². The van der Waals surface area contributed by atoms with Crippen LogP contribution in [-0.2, 0) is 11.3 Å². The maximum absolute atomic E-state index is 12.6. The highest BCUT2D eigenvalue weighted by molar-refractivity contribution is 5.79. The number of benzene rings is 1. The van der Waals surface area contributed by atoms with Gasteiger partial charge in [0, 0.05) is 44.7 Å². The van der Waals surface area contributed by atoms with Gasteiger partial charge in [0.25, 0.3) is 0 Å². The molecule has 4 nitrogen and oxygen atoms in total. The van der Waals surface area contributed by atoms with E-state index in [1.54, 1.807) is 0 Å². The molecule has 1 aromatic rings. The molecule has 1 amide bonds. The van der Waals surface area contributed by atoms with E-state index in [0.717, 1.165) is 45.3 Å². The molecule has 1 heterocycles. The zero-order valence-electron chi connectivity index (χ0n) is 13.4. The van der Waals surface area contributed by atoms with Gasteiger partial charge in [0.05, 0.1) is 0 Å². The average molecular weight is 301 g/mol. The third-order valence-corrected chi connectivity index (χ3v) is 5.21. The van der Waals surface area contributed by atoms with E-state index in [-0.39, 0.29) is 12.0 Å². The van der Waals surface area contributed by atoms with Gasteiger partial charge in [-0.25, -0.2) is 0 Å². The van der Waals surface area contributed by atoms with E-state index in [0.29, 0.717) is 11.9 Å². The molecular weight excluding hydrogens is 274 g/mol. The van der Waals surface area contributed by atoms with Crippen LogP contribution < -0.4 is 5.73 Å². The van der Waals surface area contributed by atoms with Gasteiger partial charge in [-0.2, -0.15) is 0 Å². The molecule has 1 aliphatic carbocycles. The van der Waals surface area contributed by atoms with Crippen molar-refractivity contribution in [2.75, 3.05) is 20.1 Å². The van der Waals surface area contributed by atoms with Crippen LogP contribution in [0.5, 0.6) is 0 Å². The normalized spacial score (nSPS) is 28.9. The van der Waals surface area contributed by atoms with Crippen molar-refractivity contribution in [1.82, 2.24) is 9.80 Å². The monoisotopic (exact) mass is 301 g/mol. The van der Waals surface area contributed by atoms with Crippen molar-refractivity contribution in [2.45, 2.75) is 44.3 Å². The van der Waals surface area contributed by atoms with Gasteiger partial charge in [-0.1, -0.05) is 30.3 Å². The van der Waals surface area contributed by atoms with Gasteiger partial charge in [0.1, 0.15) is 0 Å². The molecule has 1 aliphatic heterocycles. The predicted molar refractivity (Wildman–Crippen MR) is 88.2 cm³/mol. The van der Waals surface area contributed by atoms with Crippen LogP contribution in [0.15, 0.2) is 30.3 Å². The summed E-state index contributed by atoms with van der Waals surface area (Å²) in [5.74, 6) is 0.461. The van der Waals surface area contributed by atoms with Crippen molar-refractivity contribution < 1.29 is 4.79 Å². The molecule has 1 saturated heterocycles. The summed E-state index contributed by atoms with van der Waals surface area (Å²) in [6, 6.07) is 11.1. The molecule has 1 saturated carbocycles. The summed E-state index contributed by atoms with van der Waals surface area (Å²) in [7, 11) is 1.98. The lowest BCUT2D eigenvalue weighted by Gasteiger charge is -2.27. The second-order valence-corrected chi connectivity index (χ2v) is 6.88. The number of hydrogen-bond donors (Lipinski definition) is 1. The fourth-order valence-corrected chi connectivity index (χ4v) is 3.82. The van der Waals surface area contributed by atoms with Crippen molar-refractivity contribution in [3.8, 4) is 0 Å². The molecule has 120 valence electrons. The van der Waals surface area contributed by atoms with E-state index in [1.807, 2.05) is 11.9 Å². The molecule has 4 heteroatoms. The highest BCUT2D eigenvalue weighted by atomic mass is 16.2. The van der Waals surface area contributed by atoms with E-state index < -0.39 is 0 Å². The summed E-state index contributed by atoms with van der Waals surface area (Å²) < 4.78 is 0. The number of rotatable bonds is 4. The Bertz CT molecular complexity index is 504. The quantitative estimate of drug-likeness (QED) is 0.923. The van der Waals surface area contributed by atoms with E-state index in [1.165, 1.54) is 5.56 Å². The molecule has 2 aliphatic rings. The van der Waals surface area contributed by atoms with Crippen LogP contribution >= 0.6 is 0 Å². The zero-order chi connectivity index (χ0) is 15.5. The minimum absolute atomic E-state index is 0.156. The molecule has 0 bridgehead atoms. The fourth-order valence-electron chi connectivity index (χ4n) is 3.82. The number of likely N-dealkylation sites (N-methyl/N-ethyl adjacent to an activating group) is 1. The fraction of sp³-hybridized carbons (Fsp3) is 0.611. The SMILES string of the molecule is CN(C(=O)C1CCC(N)C1)C1CCN(Cc2ccccc2)C1. The van der Waals surface area contributed by atoms with Crippen LogP contribution in [0.4, 0.5) is 0 Å². The highest BCUT2D eigenvalue weighted by Crippen LogP contribution is 2.27. The number of hydrogen-bond acceptors (Lipinski definition) is 3. The van der Waals surface area contributed by atoms with Crippen LogP contribution in [0.2, 0.25) is 0 Å². The number of amides is 1. The molecule has 0 radical (unpaired) electrons. The first kappa shape index (κ1) is 15.5. The molecule has 22 heavy (non-hydrogen) atoms. The third-order valence-electron chi connectivity index (χ3n) is 5.21. The summed E-state index contributed by atoms with van der Waals surface area (Å²) >= 11 is 0. The van der Waals surface area contributed by atoms with Crippen molar-refractivity contribution in [1.29, 1.82) is 0 Å². The van der Waals surface area contributed by atoms with Gasteiger partial charge in [-0.05, 0) is 31.2 Å². The van der Waals surface area contributed by atoms with E-state index in [4.69, 9.17) is 5.73 Å². The van der Waals surface area contributed by atoms with Gasteiger partial charge in [0.15, 0.2) is 0 Å². The molecule has 3 atom stereocenters. The van der Waals surface area contributed by atoms with E-state index in [9.17, 15) is 4.79 Å². The summed E-state index contributed by atoms with van der Waals surface area (Å²) in [4.78, 5) is 17.0. The van der Waals surface area contributed by atoms with Crippen molar-refractivity contribution in [3.05, 3.63) is 35.9 Å². The van der Waals surface area contributed by atoms with E-state index in [2.05, 4.69) is 35.2 Å². The largest absolute Gasteiger partial charge is 0.341 e. The molecule has 2 N–H and O–H groups in total. The molecule has 2 fully saturated rings. The summed E-state index contributed by atoms with van der Waals surface area (Å²) in [5, 5.41) is 0. The van der Waals surface area contributed by atoms with Crippen molar-refractivity contribution in [2.24, 2.45) is 11.7 Å². The lowest BCUT2D eigenvalue weighted by Crippen LogP contribution is -2.42. The van der Waals surface area contributed by atoms with Crippen LogP contribution in [0.25, 0.3) is 0 Å². The lowest BCUT2D eigenvalue weighted by atomic mass is 10.1. The second kappa shape index (κ2) is 6.80. The molecule has 0 aromatic heterocycles. The van der Waals surface area contributed by atoms with Gasteiger partial charge in [-0.3, -0.25) is 9.69 Å². The minimum Gasteiger partial charge on any atom is -0.341 e. The maximum atomic E-state index is 12.6. The lowest BCUT2D eigenvalue weighted by molar-refractivity contribution is -0.135. The third kappa shape index (κ3) is 3.50. The number of nitrogens with two attached hydrogens (primary N) is 1. The van der Waals surface area contributed by atoms with Crippen LogP contribution in [0.1, 0.15) is 31.2 Å². The first-order chi connectivity index (χ1) is 10.6. The molecule has 1 aromatic carbocycles. The number of nitrogens with zero attached hydrogens (tertiary/aromatic N) is 2. The topological polar surface area (TPSA) is 49.6 Å². The number of carbonyl (C=O) groups is 1. The molecule has 3 rings (SSSR count). The van der Waals surface area contributed by atoms with Gasteiger partial charge in [-0.15, -0.1) is 0 Å². The highest BCUT2D eigenvalue weighted by Gasteiger charge is 2.34. The van der Waals surface area contributed by atoms with Gasteiger partial charge < -0.3 is 10.6 Å². The number of likely N-dealkylation sites (tertiary alicyclic amines) is 1. The standard InChI is InChI=1S/C18H27N3O/c1-20(18(22)15-7-8-16(19)11-15)17-9-10-21(13-17)12-14-5-3-2-4-6-14/h2-6,15-17H,7-13,19H2,1H3. The summed E-state index contributed by atoms with van der Waals surface area (Å²) in [6.45, 7) is 3.03. The second-order valence-electron chi connectivity index (χ2n) is 6.88. The first-order valence-corrected chi connectivity index (χ1v) is 8.42. The molecule has 3 unspecified atom stereocenters. The van der Waals surface area contributed by atoms with Crippen LogP contribution in [-0.4, -0.2) is 47.9 Å². The Morgan fingerprint density at radius 3 is 2.73 bits per heavy atom. The Morgan fingerprint density at radius 1 is 1.27 bits per heavy atom. The predicted octanol–water partition coefficient (Wildman–Crippen LogP) is 1.85. The minimum atomic E-state index is 0.156. The summed E-state index contributed by atoms with van der Waals surface area (Å²) in [6.07, 6.45) is 3.90. The molecule has 0 spiro atoms. The zero-order valence-corrected chi connectivity index (χ0v) is 13.4. The van der Waals surface area contributed by atoms with Gasteiger partial charge >= 0.3 is 0 Å². The molecular formula is C18H27N3O. The number of carbonyl (C=O) groups excluding carboxylic acids is 1. The van der Waals surface area contributed by atoms with Gasteiger partial charge in [0.2, 0.25) is 5.91 Å². The average Bonchev–Trinajstić information content (AvgIpc) is 3.16. The Morgan fingerprint density at radius 2 is 2.05 bits per heavy atom. The van der Waals surface area contributed by atoms with Crippen LogP contribution in [0.3, 0.4) is 0 Å². The Hall–Kier alpha value is -1.39. The van der Waals surface area contributed by atoms with Crippen molar-refractivity contribution in [3.63, 3.8) is 0 Å². The van der Waals surface area contributed by atoms with E-state index >= 15 is 0 Å². The smallest absolute Gasteiger partial charge is 0.225 e. The Balaban J connectivity index is 1.52. The van der Waals surface area contributed by atoms with Crippen molar-refractivity contribution >= 4 is 5.91 Å². The summed E-state index contributed by atoms with van der Waals surface area (Å²) in [5.41, 5.74) is 7.29. The van der Waals surface area contributed by atoms with Crippen LogP contribution in [0, 0.1) is 5.92 Å². The maximum Gasteiger partial charge on any atom is 0.225 e.